The number of hydrogen-bond acceptors (Lipinski definition) is 7. The SMILES string of the molecule is O=C(O)CCCCCCCCCCC(=O)NCC(O)C(O)C(O)C(O)CO. The molecule has 0 radical (unpaired) electrons. The summed E-state index contributed by atoms with van der Waals surface area (Å²) < 4.78 is 0. The van der Waals surface area contributed by atoms with Gasteiger partial charge in [-0.3, -0.25) is 9.59 Å². The summed E-state index contributed by atoms with van der Waals surface area (Å²) in [6, 6.07) is 0. The third kappa shape index (κ3) is 13.5. The molecule has 4 unspecified atom stereocenters. The van der Waals surface area contributed by atoms with Crippen LogP contribution in [0.1, 0.15) is 64.2 Å². The zero-order valence-electron chi connectivity index (χ0n) is 15.8. The predicted octanol–water partition coefficient (Wildman–Crippen LogP) is -0.476. The van der Waals surface area contributed by atoms with Crippen LogP contribution in [0.25, 0.3) is 0 Å². The molecule has 0 aromatic carbocycles. The van der Waals surface area contributed by atoms with Crippen LogP contribution in [0.4, 0.5) is 0 Å². The van der Waals surface area contributed by atoms with Gasteiger partial charge in [0, 0.05) is 19.4 Å². The lowest BCUT2D eigenvalue weighted by atomic mass is 10.0. The Morgan fingerprint density at radius 2 is 1.15 bits per heavy atom. The van der Waals surface area contributed by atoms with Crippen LogP contribution < -0.4 is 5.32 Å². The number of rotatable bonds is 17. The van der Waals surface area contributed by atoms with E-state index in [0.717, 1.165) is 38.5 Å². The molecule has 0 aliphatic heterocycles. The Bertz CT molecular complexity index is 407. The molecule has 4 atom stereocenters. The molecule has 0 aromatic heterocycles. The monoisotopic (exact) mass is 393 g/mol. The van der Waals surface area contributed by atoms with E-state index in [9.17, 15) is 30.0 Å². The van der Waals surface area contributed by atoms with E-state index in [4.69, 9.17) is 10.2 Å². The number of carbonyl (C=O) groups is 2. The first-order chi connectivity index (χ1) is 12.8. The van der Waals surface area contributed by atoms with Crippen molar-refractivity contribution in [2.75, 3.05) is 13.2 Å². The van der Waals surface area contributed by atoms with Crippen LogP contribution in [0.3, 0.4) is 0 Å². The molecule has 0 heterocycles. The summed E-state index contributed by atoms with van der Waals surface area (Å²) in [6.07, 6.45) is 1.48. The van der Waals surface area contributed by atoms with Gasteiger partial charge < -0.3 is 36.0 Å². The lowest BCUT2D eigenvalue weighted by Crippen LogP contribution is -2.49. The fourth-order valence-corrected chi connectivity index (χ4v) is 2.61. The van der Waals surface area contributed by atoms with Gasteiger partial charge in [-0.2, -0.15) is 0 Å². The van der Waals surface area contributed by atoms with Crippen molar-refractivity contribution in [3.63, 3.8) is 0 Å². The third-order valence-electron chi connectivity index (χ3n) is 4.38. The molecule has 0 bridgehead atoms. The van der Waals surface area contributed by atoms with Crippen LogP contribution in [0, 0.1) is 0 Å². The van der Waals surface area contributed by atoms with Gasteiger partial charge in [0.2, 0.25) is 5.91 Å². The van der Waals surface area contributed by atoms with Crippen molar-refractivity contribution in [3.8, 4) is 0 Å². The van der Waals surface area contributed by atoms with Crippen molar-refractivity contribution in [3.05, 3.63) is 0 Å². The van der Waals surface area contributed by atoms with E-state index in [1.807, 2.05) is 0 Å². The molecular weight excluding hydrogens is 358 g/mol. The highest BCUT2D eigenvalue weighted by Gasteiger charge is 2.30. The molecular formula is C18H35NO8. The number of amides is 1. The Balaban J connectivity index is 3.62. The molecule has 0 rings (SSSR count). The summed E-state index contributed by atoms with van der Waals surface area (Å²) in [5, 5.41) is 57.7. The number of aliphatic hydroxyl groups excluding tert-OH is 5. The Hall–Kier alpha value is -1.26. The maximum absolute atomic E-state index is 11.7. The number of hydrogen-bond donors (Lipinski definition) is 7. The maximum Gasteiger partial charge on any atom is 0.303 e. The zero-order chi connectivity index (χ0) is 20.7. The van der Waals surface area contributed by atoms with Crippen LogP contribution >= 0.6 is 0 Å². The number of nitrogens with one attached hydrogen (secondary N) is 1. The van der Waals surface area contributed by atoms with Crippen LogP contribution in [-0.2, 0) is 9.59 Å². The molecule has 0 aromatic rings. The first-order valence-corrected chi connectivity index (χ1v) is 9.61. The Morgan fingerprint density at radius 3 is 1.63 bits per heavy atom. The van der Waals surface area contributed by atoms with Crippen LogP contribution in [0.15, 0.2) is 0 Å². The largest absolute Gasteiger partial charge is 0.481 e. The van der Waals surface area contributed by atoms with E-state index < -0.39 is 37.0 Å². The van der Waals surface area contributed by atoms with Gasteiger partial charge in [0.05, 0.1) is 12.7 Å². The normalized spacial score (nSPS) is 15.7. The second kappa shape index (κ2) is 15.8. The highest BCUT2D eigenvalue weighted by molar-refractivity contribution is 5.75. The van der Waals surface area contributed by atoms with E-state index in [1.54, 1.807) is 0 Å². The van der Waals surface area contributed by atoms with E-state index in [0.29, 0.717) is 19.3 Å². The lowest BCUT2D eigenvalue weighted by molar-refractivity contribution is -0.137. The van der Waals surface area contributed by atoms with Crippen molar-refractivity contribution in [2.24, 2.45) is 0 Å². The minimum atomic E-state index is -1.70. The Kier molecular flexibility index (Phi) is 15.0. The molecule has 1 amide bonds. The van der Waals surface area contributed by atoms with Crippen molar-refractivity contribution in [1.29, 1.82) is 0 Å². The predicted molar refractivity (Wildman–Crippen MR) is 97.9 cm³/mol. The molecule has 9 nitrogen and oxygen atoms in total. The van der Waals surface area contributed by atoms with Gasteiger partial charge in [-0.1, -0.05) is 38.5 Å². The molecule has 0 spiro atoms. The molecule has 0 saturated carbocycles. The zero-order valence-corrected chi connectivity index (χ0v) is 15.8. The Labute approximate surface area is 160 Å². The van der Waals surface area contributed by atoms with E-state index >= 15 is 0 Å². The number of aliphatic hydroxyl groups is 5. The molecule has 160 valence electrons. The highest BCUT2D eigenvalue weighted by Crippen LogP contribution is 2.11. The minimum Gasteiger partial charge on any atom is -0.481 e. The number of carboxylic acids is 1. The van der Waals surface area contributed by atoms with Gasteiger partial charge in [0.15, 0.2) is 0 Å². The van der Waals surface area contributed by atoms with Gasteiger partial charge in [0.1, 0.15) is 18.3 Å². The van der Waals surface area contributed by atoms with Crippen LogP contribution in [-0.4, -0.2) is 80.1 Å². The number of aliphatic carboxylic acids is 1. The van der Waals surface area contributed by atoms with Gasteiger partial charge in [0.25, 0.3) is 0 Å². The van der Waals surface area contributed by atoms with Crippen LogP contribution in [0.2, 0.25) is 0 Å². The highest BCUT2D eigenvalue weighted by atomic mass is 16.4. The second-order valence-corrected chi connectivity index (χ2v) is 6.82. The quantitative estimate of drug-likeness (QED) is 0.163. The van der Waals surface area contributed by atoms with Gasteiger partial charge in [-0.25, -0.2) is 0 Å². The molecule has 27 heavy (non-hydrogen) atoms. The van der Waals surface area contributed by atoms with Crippen molar-refractivity contribution in [2.45, 2.75) is 88.6 Å². The summed E-state index contributed by atoms with van der Waals surface area (Å²) in [4.78, 5) is 22.0. The number of carbonyl (C=O) groups excluding carboxylic acids is 1. The molecule has 9 heteroatoms. The summed E-state index contributed by atoms with van der Waals surface area (Å²) in [7, 11) is 0. The minimum absolute atomic E-state index is 0.224. The molecule has 0 aliphatic rings. The van der Waals surface area contributed by atoms with Crippen LogP contribution in [0.5, 0.6) is 0 Å². The second-order valence-electron chi connectivity index (χ2n) is 6.82. The first-order valence-electron chi connectivity index (χ1n) is 9.61. The molecule has 0 fully saturated rings. The third-order valence-corrected chi connectivity index (χ3v) is 4.38. The average Bonchev–Trinajstić information content (AvgIpc) is 2.65. The first kappa shape index (κ1) is 25.7. The van der Waals surface area contributed by atoms with E-state index in [1.165, 1.54) is 0 Å². The fourth-order valence-electron chi connectivity index (χ4n) is 2.61. The van der Waals surface area contributed by atoms with Crippen molar-refractivity contribution >= 4 is 11.9 Å². The fraction of sp³-hybridized carbons (Fsp3) is 0.889. The lowest BCUT2D eigenvalue weighted by Gasteiger charge is -2.25. The van der Waals surface area contributed by atoms with Crippen molar-refractivity contribution in [1.82, 2.24) is 5.32 Å². The topological polar surface area (TPSA) is 168 Å². The van der Waals surface area contributed by atoms with E-state index in [2.05, 4.69) is 5.32 Å². The van der Waals surface area contributed by atoms with Crippen molar-refractivity contribution < 1.29 is 40.2 Å². The molecule has 0 saturated heterocycles. The molecule has 7 N–H and O–H groups in total. The molecule has 0 aliphatic carbocycles. The number of carboxylic acid groups (broad SMARTS) is 1. The Morgan fingerprint density at radius 1 is 0.704 bits per heavy atom. The van der Waals surface area contributed by atoms with Gasteiger partial charge in [-0.15, -0.1) is 0 Å². The number of unbranched alkanes of at least 4 members (excludes halogenated alkanes) is 7. The summed E-state index contributed by atoms with van der Waals surface area (Å²) in [6.45, 7) is -1.01. The summed E-state index contributed by atoms with van der Waals surface area (Å²) >= 11 is 0. The maximum atomic E-state index is 11.7. The summed E-state index contributed by atoms with van der Waals surface area (Å²) in [5.74, 6) is -1.03. The van der Waals surface area contributed by atoms with E-state index in [-0.39, 0.29) is 18.9 Å². The standard InChI is InChI=1S/C18H35NO8/c20-12-14(22)18(27)17(26)13(21)11-19-15(23)9-7-5-3-1-2-4-6-8-10-16(24)25/h13-14,17-18,20-22,26-27H,1-12H2,(H,19,23)(H,24,25). The van der Waals surface area contributed by atoms with Gasteiger partial charge >= 0.3 is 5.97 Å². The smallest absolute Gasteiger partial charge is 0.303 e. The average molecular weight is 393 g/mol. The summed E-state index contributed by atoms with van der Waals surface area (Å²) in [5.41, 5.74) is 0. The van der Waals surface area contributed by atoms with Gasteiger partial charge in [-0.05, 0) is 12.8 Å².